The molecule has 0 fully saturated rings. The van der Waals surface area contributed by atoms with Crippen molar-refractivity contribution in [2.75, 3.05) is 6.54 Å². The Kier molecular flexibility index (Phi) is 3.59. The zero-order valence-electron chi connectivity index (χ0n) is 13.0. The van der Waals surface area contributed by atoms with Crippen LogP contribution in [0.3, 0.4) is 0 Å². The molecule has 0 saturated carbocycles. The van der Waals surface area contributed by atoms with Crippen LogP contribution in [-0.4, -0.2) is 21.4 Å². The number of aromatic nitrogens is 2. The Bertz CT molecular complexity index is 662. The Hall–Kier alpha value is -1.65. The summed E-state index contributed by atoms with van der Waals surface area (Å²) in [7, 11) is 1.96. The van der Waals surface area contributed by atoms with E-state index in [2.05, 4.69) is 23.4 Å². The van der Waals surface area contributed by atoms with Gasteiger partial charge in [0.05, 0.1) is 5.69 Å². The summed E-state index contributed by atoms with van der Waals surface area (Å²) in [5.41, 5.74) is 5.08. The third-order valence-corrected chi connectivity index (χ3v) is 4.70. The fourth-order valence-corrected chi connectivity index (χ4v) is 3.32. The van der Waals surface area contributed by atoms with Gasteiger partial charge in [-0.05, 0) is 37.8 Å². The fraction of sp³-hybridized carbons (Fsp3) is 0.471. The highest BCUT2D eigenvalue weighted by molar-refractivity contribution is 5.37. The van der Waals surface area contributed by atoms with E-state index in [-0.39, 0.29) is 0 Å². The Balaban J connectivity index is 1.69. The van der Waals surface area contributed by atoms with Crippen LogP contribution in [0, 0.1) is 13.8 Å². The number of rotatable bonds is 4. The van der Waals surface area contributed by atoms with Crippen LogP contribution in [0.1, 0.15) is 34.5 Å². The molecule has 1 heterocycles. The van der Waals surface area contributed by atoms with Gasteiger partial charge in [-0.2, -0.15) is 5.10 Å². The summed E-state index contributed by atoms with van der Waals surface area (Å²) in [5.74, 6) is 0. The molecule has 4 nitrogen and oxygen atoms in total. The number of aryl methyl sites for hydroxylation is 3. The van der Waals surface area contributed by atoms with Crippen LogP contribution in [0.2, 0.25) is 0 Å². The highest BCUT2D eigenvalue weighted by Gasteiger charge is 2.35. The van der Waals surface area contributed by atoms with Crippen molar-refractivity contribution in [1.82, 2.24) is 15.1 Å². The maximum atomic E-state index is 10.9. The standard InChI is InChI=1S/C17H23N3O/c1-12-15(13(2)20(3)19-12)10-18-11-17(21)9-8-14-6-4-5-7-16(14)17/h4-7,18,21H,8-11H2,1-3H3. The number of benzene rings is 1. The molecule has 1 aliphatic carbocycles. The number of fused-ring (bicyclic) bond motifs is 1. The highest BCUT2D eigenvalue weighted by Crippen LogP contribution is 2.36. The van der Waals surface area contributed by atoms with E-state index in [1.165, 1.54) is 16.8 Å². The van der Waals surface area contributed by atoms with Crippen LogP contribution in [0.25, 0.3) is 0 Å². The second-order valence-corrected chi connectivity index (χ2v) is 6.07. The molecule has 1 aromatic heterocycles. The van der Waals surface area contributed by atoms with Crippen molar-refractivity contribution in [3.05, 3.63) is 52.3 Å². The molecular weight excluding hydrogens is 262 g/mol. The van der Waals surface area contributed by atoms with Crippen molar-refractivity contribution < 1.29 is 5.11 Å². The molecule has 1 aliphatic rings. The van der Waals surface area contributed by atoms with E-state index in [9.17, 15) is 5.11 Å². The second-order valence-electron chi connectivity index (χ2n) is 6.07. The summed E-state index contributed by atoms with van der Waals surface area (Å²) in [6.07, 6.45) is 1.75. The Morgan fingerprint density at radius 3 is 2.81 bits per heavy atom. The van der Waals surface area contributed by atoms with E-state index < -0.39 is 5.60 Å². The number of nitrogens with zero attached hydrogens (tertiary/aromatic N) is 2. The molecule has 1 aromatic carbocycles. The second kappa shape index (κ2) is 5.28. The maximum Gasteiger partial charge on any atom is 0.103 e. The van der Waals surface area contributed by atoms with Gasteiger partial charge >= 0.3 is 0 Å². The molecule has 0 amide bonds. The Morgan fingerprint density at radius 2 is 2.10 bits per heavy atom. The van der Waals surface area contributed by atoms with E-state index in [4.69, 9.17) is 0 Å². The average molecular weight is 285 g/mol. The largest absolute Gasteiger partial charge is 0.384 e. The molecule has 3 rings (SSSR count). The normalized spacial score (nSPS) is 20.8. The molecular formula is C17H23N3O. The molecule has 112 valence electrons. The predicted octanol–water partition coefficient (Wildman–Crippen LogP) is 1.96. The van der Waals surface area contributed by atoms with E-state index in [0.717, 1.165) is 30.6 Å². The fourth-order valence-electron chi connectivity index (χ4n) is 3.32. The number of aliphatic hydroxyl groups is 1. The number of nitrogens with one attached hydrogen (secondary N) is 1. The van der Waals surface area contributed by atoms with Gasteiger partial charge in [0.1, 0.15) is 5.60 Å². The van der Waals surface area contributed by atoms with Gasteiger partial charge in [-0.3, -0.25) is 4.68 Å². The van der Waals surface area contributed by atoms with Gasteiger partial charge in [-0.25, -0.2) is 0 Å². The number of hydrogen-bond donors (Lipinski definition) is 2. The number of hydrogen-bond acceptors (Lipinski definition) is 3. The van der Waals surface area contributed by atoms with Gasteiger partial charge in [-0.15, -0.1) is 0 Å². The minimum atomic E-state index is -0.736. The smallest absolute Gasteiger partial charge is 0.103 e. The monoisotopic (exact) mass is 285 g/mol. The van der Waals surface area contributed by atoms with Crippen molar-refractivity contribution >= 4 is 0 Å². The SMILES string of the molecule is Cc1nn(C)c(C)c1CNCC1(O)CCc2ccccc21. The molecule has 0 aliphatic heterocycles. The zero-order chi connectivity index (χ0) is 15.0. The minimum absolute atomic E-state index is 0.581. The van der Waals surface area contributed by atoms with Crippen molar-refractivity contribution in [3.8, 4) is 0 Å². The average Bonchev–Trinajstić information content (AvgIpc) is 2.92. The van der Waals surface area contributed by atoms with Crippen LogP contribution < -0.4 is 5.32 Å². The van der Waals surface area contributed by atoms with Crippen LogP contribution in [0.4, 0.5) is 0 Å². The molecule has 2 N–H and O–H groups in total. The maximum absolute atomic E-state index is 10.9. The summed E-state index contributed by atoms with van der Waals surface area (Å²) >= 11 is 0. The van der Waals surface area contributed by atoms with E-state index in [1.807, 2.05) is 36.9 Å². The lowest BCUT2D eigenvalue weighted by molar-refractivity contribution is 0.0384. The highest BCUT2D eigenvalue weighted by atomic mass is 16.3. The lowest BCUT2D eigenvalue weighted by Gasteiger charge is -2.24. The van der Waals surface area contributed by atoms with Crippen molar-refractivity contribution in [2.24, 2.45) is 7.05 Å². The molecule has 0 bridgehead atoms. The predicted molar refractivity (Wildman–Crippen MR) is 83.0 cm³/mol. The lowest BCUT2D eigenvalue weighted by atomic mass is 9.96. The molecule has 2 aromatic rings. The quantitative estimate of drug-likeness (QED) is 0.903. The first kappa shape index (κ1) is 14.3. The first-order chi connectivity index (χ1) is 10.0. The summed E-state index contributed by atoms with van der Waals surface area (Å²) in [6.45, 7) is 5.44. The third kappa shape index (κ3) is 2.49. The van der Waals surface area contributed by atoms with Crippen LogP contribution in [0.5, 0.6) is 0 Å². The van der Waals surface area contributed by atoms with E-state index in [1.54, 1.807) is 0 Å². The Morgan fingerprint density at radius 1 is 1.33 bits per heavy atom. The van der Waals surface area contributed by atoms with Gasteiger partial charge in [-0.1, -0.05) is 24.3 Å². The van der Waals surface area contributed by atoms with Crippen molar-refractivity contribution in [2.45, 2.75) is 38.8 Å². The molecule has 0 radical (unpaired) electrons. The van der Waals surface area contributed by atoms with Gasteiger partial charge in [0.15, 0.2) is 0 Å². The molecule has 0 saturated heterocycles. The first-order valence-corrected chi connectivity index (χ1v) is 7.52. The van der Waals surface area contributed by atoms with E-state index in [0.29, 0.717) is 6.54 Å². The van der Waals surface area contributed by atoms with Crippen molar-refractivity contribution in [1.29, 1.82) is 0 Å². The van der Waals surface area contributed by atoms with Gasteiger partial charge in [0, 0.05) is 31.4 Å². The summed E-state index contributed by atoms with van der Waals surface area (Å²) < 4.78 is 1.91. The lowest BCUT2D eigenvalue weighted by Crippen LogP contribution is -2.36. The molecule has 21 heavy (non-hydrogen) atoms. The van der Waals surface area contributed by atoms with Crippen LogP contribution >= 0.6 is 0 Å². The van der Waals surface area contributed by atoms with Gasteiger partial charge in [0.2, 0.25) is 0 Å². The van der Waals surface area contributed by atoms with Crippen LogP contribution in [-0.2, 0) is 25.6 Å². The van der Waals surface area contributed by atoms with Crippen molar-refractivity contribution in [3.63, 3.8) is 0 Å². The van der Waals surface area contributed by atoms with E-state index >= 15 is 0 Å². The summed E-state index contributed by atoms with van der Waals surface area (Å²) in [4.78, 5) is 0. The first-order valence-electron chi connectivity index (χ1n) is 7.52. The minimum Gasteiger partial charge on any atom is -0.384 e. The van der Waals surface area contributed by atoms with Gasteiger partial charge in [0.25, 0.3) is 0 Å². The third-order valence-electron chi connectivity index (χ3n) is 4.70. The zero-order valence-corrected chi connectivity index (χ0v) is 13.0. The van der Waals surface area contributed by atoms with Gasteiger partial charge < -0.3 is 10.4 Å². The molecule has 1 atom stereocenters. The summed E-state index contributed by atoms with van der Waals surface area (Å²) in [6, 6.07) is 8.21. The molecule has 1 unspecified atom stereocenters. The molecule has 0 spiro atoms. The van der Waals surface area contributed by atoms with Crippen LogP contribution in [0.15, 0.2) is 24.3 Å². The summed E-state index contributed by atoms with van der Waals surface area (Å²) in [5, 5.41) is 18.7. The molecule has 4 heteroatoms. The topological polar surface area (TPSA) is 50.1 Å². The Labute approximate surface area is 125 Å².